The van der Waals surface area contributed by atoms with E-state index in [1.165, 1.54) is 27.4 Å². The molecule has 0 aliphatic carbocycles. The number of carbonyl (C=O) groups excluding carboxylic acids is 3. The minimum atomic E-state index is -0.825. The number of nitrogens with one attached hydrogen (secondary N) is 1. The van der Waals surface area contributed by atoms with Crippen LogP contribution >= 0.6 is 22.6 Å². The number of hydrogen-bond acceptors (Lipinski definition) is 7. The minimum Gasteiger partial charge on any atom is -0.493 e. The highest BCUT2D eigenvalue weighted by atomic mass is 127. The molecule has 31 heavy (non-hydrogen) atoms. The van der Waals surface area contributed by atoms with E-state index in [1.54, 1.807) is 18.2 Å². The molecule has 2 aromatic carbocycles. The molecule has 8 nitrogen and oxygen atoms in total. The van der Waals surface area contributed by atoms with E-state index in [2.05, 4.69) is 14.8 Å². The average molecular weight is 539 g/mol. The first kappa shape index (κ1) is 24.2. The second-order valence-electron chi connectivity index (χ2n) is 6.28. The van der Waals surface area contributed by atoms with Gasteiger partial charge in [-0.25, -0.2) is 9.59 Å². The Morgan fingerprint density at radius 1 is 1.03 bits per heavy atom. The summed E-state index contributed by atoms with van der Waals surface area (Å²) in [6.45, 7) is 1.70. The van der Waals surface area contributed by atoms with Crippen molar-refractivity contribution in [3.8, 4) is 11.5 Å². The summed E-state index contributed by atoms with van der Waals surface area (Å²) in [6.07, 6.45) is 1.33. The van der Waals surface area contributed by atoms with Gasteiger partial charge in [0.25, 0.3) is 5.91 Å². The number of hydrogen-bond donors (Lipinski definition) is 1. The van der Waals surface area contributed by atoms with E-state index in [1.807, 2.05) is 47.7 Å². The average Bonchev–Trinajstić information content (AvgIpc) is 2.75. The molecule has 0 aliphatic rings. The number of methoxy groups -OCH3 is 3. The predicted octanol–water partition coefficient (Wildman–Crippen LogP) is 3.36. The van der Waals surface area contributed by atoms with Gasteiger partial charge in [-0.2, -0.15) is 0 Å². The number of halogens is 1. The molecule has 0 aromatic heterocycles. The summed E-state index contributed by atoms with van der Waals surface area (Å²) in [5, 5.41) is 2.77. The Bertz CT molecular complexity index is 999. The number of aryl methyl sites for hydroxylation is 1. The zero-order valence-corrected chi connectivity index (χ0v) is 19.6. The van der Waals surface area contributed by atoms with Crippen LogP contribution in [0.3, 0.4) is 0 Å². The molecule has 9 heteroatoms. The second kappa shape index (κ2) is 11.3. The summed E-state index contributed by atoms with van der Waals surface area (Å²) in [5.74, 6) is -1.29. The second-order valence-corrected chi connectivity index (χ2v) is 7.44. The Kier molecular flexibility index (Phi) is 8.86. The van der Waals surface area contributed by atoms with Crippen LogP contribution in [-0.4, -0.2) is 45.8 Å². The zero-order valence-electron chi connectivity index (χ0n) is 17.5. The van der Waals surface area contributed by atoms with Crippen LogP contribution < -0.4 is 14.8 Å². The van der Waals surface area contributed by atoms with Gasteiger partial charge in [0.2, 0.25) is 0 Å². The Morgan fingerprint density at radius 3 is 2.29 bits per heavy atom. The maximum atomic E-state index is 12.2. The molecule has 1 amide bonds. The van der Waals surface area contributed by atoms with Crippen LogP contribution in [0.25, 0.3) is 6.08 Å². The zero-order chi connectivity index (χ0) is 23.0. The number of amides is 1. The third kappa shape index (κ3) is 6.71. The summed E-state index contributed by atoms with van der Waals surface area (Å²) in [5.41, 5.74) is 1.92. The van der Waals surface area contributed by atoms with E-state index in [0.717, 1.165) is 5.56 Å². The van der Waals surface area contributed by atoms with Crippen molar-refractivity contribution >= 4 is 52.2 Å². The largest absolute Gasteiger partial charge is 0.493 e. The standard InChI is InChI=1S/C22H22INO7/c1-13-6-5-7-15(8-13)24-19(25)12-31-20-17(23)10-14(11-18(20)28-2)9-16(21(26)29-3)22(27)30-4/h5-11H,12H2,1-4H3,(H,24,25). The first-order valence-corrected chi connectivity index (χ1v) is 10.1. The van der Waals surface area contributed by atoms with E-state index in [4.69, 9.17) is 9.47 Å². The maximum absolute atomic E-state index is 12.2. The van der Waals surface area contributed by atoms with E-state index in [0.29, 0.717) is 26.3 Å². The van der Waals surface area contributed by atoms with Crippen molar-refractivity contribution < 1.29 is 33.3 Å². The third-order valence-electron chi connectivity index (χ3n) is 4.02. The minimum absolute atomic E-state index is 0.231. The predicted molar refractivity (Wildman–Crippen MR) is 123 cm³/mol. The van der Waals surface area contributed by atoms with Crippen LogP contribution in [0, 0.1) is 10.5 Å². The molecule has 0 fully saturated rings. The first-order chi connectivity index (χ1) is 14.8. The van der Waals surface area contributed by atoms with Gasteiger partial charge in [-0.15, -0.1) is 0 Å². The monoisotopic (exact) mass is 539 g/mol. The van der Waals surface area contributed by atoms with E-state index >= 15 is 0 Å². The lowest BCUT2D eigenvalue weighted by Gasteiger charge is -2.14. The summed E-state index contributed by atoms with van der Waals surface area (Å²) in [7, 11) is 3.78. The third-order valence-corrected chi connectivity index (χ3v) is 4.82. The maximum Gasteiger partial charge on any atom is 0.345 e. The normalized spacial score (nSPS) is 9.97. The van der Waals surface area contributed by atoms with Gasteiger partial charge in [-0.1, -0.05) is 12.1 Å². The lowest BCUT2D eigenvalue weighted by Crippen LogP contribution is -2.20. The highest BCUT2D eigenvalue weighted by molar-refractivity contribution is 14.1. The lowest BCUT2D eigenvalue weighted by molar-refractivity contribution is -0.143. The molecule has 0 saturated heterocycles. The molecular weight excluding hydrogens is 517 g/mol. The van der Waals surface area contributed by atoms with Crippen molar-refractivity contribution in [3.05, 3.63) is 56.7 Å². The van der Waals surface area contributed by atoms with Crippen LogP contribution in [0.15, 0.2) is 42.0 Å². The van der Waals surface area contributed by atoms with Gasteiger partial charge >= 0.3 is 11.9 Å². The number of esters is 2. The quantitative estimate of drug-likeness (QED) is 0.181. The Morgan fingerprint density at radius 2 is 1.71 bits per heavy atom. The number of anilines is 1. The van der Waals surface area contributed by atoms with Crippen molar-refractivity contribution in [3.63, 3.8) is 0 Å². The summed E-state index contributed by atoms with van der Waals surface area (Å²) >= 11 is 2.01. The molecule has 0 unspecified atom stereocenters. The SMILES string of the molecule is COC(=O)C(=Cc1cc(I)c(OCC(=O)Nc2cccc(C)c2)c(OC)c1)C(=O)OC. The fourth-order valence-electron chi connectivity index (χ4n) is 2.61. The number of carbonyl (C=O) groups is 3. The van der Waals surface area contributed by atoms with E-state index in [-0.39, 0.29) is 18.1 Å². The molecular formula is C22H22INO7. The van der Waals surface area contributed by atoms with Crippen LogP contribution in [0.2, 0.25) is 0 Å². The Balaban J connectivity index is 2.22. The summed E-state index contributed by atoms with van der Waals surface area (Å²) in [4.78, 5) is 36.0. The van der Waals surface area contributed by atoms with Gasteiger partial charge in [0.15, 0.2) is 18.1 Å². The van der Waals surface area contributed by atoms with Crippen LogP contribution in [0.4, 0.5) is 5.69 Å². The highest BCUT2D eigenvalue weighted by Crippen LogP contribution is 2.34. The van der Waals surface area contributed by atoms with Crippen LogP contribution in [-0.2, 0) is 23.9 Å². The smallest absolute Gasteiger partial charge is 0.345 e. The Labute approximate surface area is 193 Å². The molecule has 0 atom stereocenters. The van der Waals surface area contributed by atoms with Crippen molar-refractivity contribution in [1.82, 2.24) is 0 Å². The molecule has 0 spiro atoms. The van der Waals surface area contributed by atoms with Gasteiger partial charge in [0.1, 0.15) is 5.57 Å². The van der Waals surface area contributed by atoms with Gasteiger partial charge in [0, 0.05) is 5.69 Å². The van der Waals surface area contributed by atoms with Gasteiger partial charge in [0.05, 0.1) is 24.9 Å². The molecule has 0 heterocycles. The van der Waals surface area contributed by atoms with E-state index in [9.17, 15) is 14.4 Å². The van der Waals surface area contributed by atoms with Crippen molar-refractivity contribution in [2.24, 2.45) is 0 Å². The molecule has 164 valence electrons. The molecule has 0 saturated carbocycles. The molecule has 0 aliphatic heterocycles. The van der Waals surface area contributed by atoms with Gasteiger partial charge in [-0.05, 0) is 71.0 Å². The van der Waals surface area contributed by atoms with Crippen molar-refractivity contribution in [2.45, 2.75) is 6.92 Å². The number of rotatable bonds is 8. The highest BCUT2D eigenvalue weighted by Gasteiger charge is 2.21. The topological polar surface area (TPSA) is 100 Å². The Hall–Kier alpha value is -3.08. The summed E-state index contributed by atoms with van der Waals surface area (Å²) in [6, 6.07) is 10.7. The molecule has 2 rings (SSSR count). The molecule has 0 bridgehead atoms. The fourth-order valence-corrected chi connectivity index (χ4v) is 3.39. The molecule has 1 N–H and O–H groups in total. The van der Waals surface area contributed by atoms with Crippen LogP contribution in [0.5, 0.6) is 11.5 Å². The first-order valence-electron chi connectivity index (χ1n) is 9.04. The van der Waals surface area contributed by atoms with Crippen LogP contribution in [0.1, 0.15) is 11.1 Å². The molecule has 0 radical (unpaired) electrons. The van der Waals surface area contributed by atoms with Gasteiger partial charge < -0.3 is 24.3 Å². The lowest BCUT2D eigenvalue weighted by atomic mass is 10.1. The number of ether oxygens (including phenoxy) is 4. The van der Waals surface area contributed by atoms with Crippen molar-refractivity contribution in [2.75, 3.05) is 33.3 Å². The summed E-state index contributed by atoms with van der Waals surface area (Å²) < 4.78 is 20.9. The van der Waals surface area contributed by atoms with E-state index < -0.39 is 11.9 Å². The van der Waals surface area contributed by atoms with Gasteiger partial charge in [-0.3, -0.25) is 4.79 Å². The van der Waals surface area contributed by atoms with Crippen molar-refractivity contribution in [1.29, 1.82) is 0 Å². The fraction of sp³-hybridized carbons (Fsp3) is 0.227. The molecule has 2 aromatic rings. The number of benzene rings is 2.